The molecule has 0 saturated carbocycles. The summed E-state index contributed by atoms with van der Waals surface area (Å²) in [6.07, 6.45) is 3.83. The molecule has 194 valence electrons. The highest BCUT2D eigenvalue weighted by atomic mass is 32.2. The number of primary sulfonamides is 1. The van der Waals surface area contributed by atoms with Crippen molar-refractivity contribution in [3.63, 3.8) is 0 Å². The van der Waals surface area contributed by atoms with Crippen LogP contribution in [0.4, 0.5) is 23.1 Å². The minimum absolute atomic E-state index is 0.0297. The second-order valence-electron chi connectivity index (χ2n) is 8.40. The number of aromatic nitrogens is 2. The molecule has 1 saturated heterocycles. The average Bonchev–Trinajstić information content (AvgIpc) is 3.41. The molecule has 4 rings (SSSR count). The van der Waals surface area contributed by atoms with Gasteiger partial charge in [-0.2, -0.15) is 15.0 Å². The van der Waals surface area contributed by atoms with Crippen molar-refractivity contribution in [3.8, 4) is 5.75 Å². The van der Waals surface area contributed by atoms with Crippen LogP contribution >= 0.6 is 0 Å². The Hall–Kier alpha value is -4.01. The third-order valence-corrected chi connectivity index (χ3v) is 6.74. The molecule has 14 heteroatoms. The molecule has 0 aliphatic carbocycles. The predicted molar refractivity (Wildman–Crippen MR) is 138 cm³/mol. The molecule has 1 aliphatic heterocycles. The fourth-order valence-electron chi connectivity index (χ4n) is 3.92. The fraction of sp³-hybridized carbons (Fsp3) is 0.304. The van der Waals surface area contributed by atoms with Crippen LogP contribution in [-0.2, 0) is 10.0 Å². The van der Waals surface area contributed by atoms with Gasteiger partial charge in [-0.05, 0) is 75.3 Å². The highest BCUT2D eigenvalue weighted by Gasteiger charge is 2.21. The Morgan fingerprint density at radius 2 is 1.73 bits per heavy atom. The first-order chi connectivity index (χ1) is 17.8. The monoisotopic (exact) mass is 526 g/mol. The first-order valence-electron chi connectivity index (χ1n) is 11.5. The molecular weight excluding hydrogens is 500 g/mol. The summed E-state index contributed by atoms with van der Waals surface area (Å²) in [6.45, 7) is 5.23. The van der Waals surface area contributed by atoms with Crippen LogP contribution in [0.3, 0.4) is 0 Å². The van der Waals surface area contributed by atoms with Gasteiger partial charge in [-0.25, -0.2) is 18.5 Å². The van der Waals surface area contributed by atoms with E-state index in [1.165, 1.54) is 43.3 Å². The number of rotatable bonds is 11. The number of nitrogens with two attached hydrogens (primary N) is 1. The van der Waals surface area contributed by atoms with Gasteiger partial charge >= 0.3 is 0 Å². The topological polar surface area (TPSA) is 164 Å². The molecule has 13 nitrogen and oxygen atoms in total. The highest BCUT2D eigenvalue weighted by Crippen LogP contribution is 2.32. The molecule has 1 aromatic heterocycles. The molecule has 0 spiro atoms. The van der Waals surface area contributed by atoms with E-state index >= 15 is 0 Å². The van der Waals surface area contributed by atoms with Gasteiger partial charge < -0.3 is 4.74 Å². The standard InChI is InChI=1S/C23H26N8O5S/c1-17-16-25-23(26-22(17)30(27-32)19-5-4-6-21(15-19)37(24,34)35)31(28-33)18-7-9-20(10-8-18)36-14-13-29-11-2-3-12-29/h4-10,15-16H,2-3,11-14H2,1H3,(H2,24,34,35). The van der Waals surface area contributed by atoms with Crippen molar-refractivity contribution in [2.75, 3.05) is 36.3 Å². The lowest BCUT2D eigenvalue weighted by molar-refractivity contribution is 0.238. The zero-order valence-electron chi connectivity index (χ0n) is 20.1. The zero-order valence-corrected chi connectivity index (χ0v) is 20.9. The smallest absolute Gasteiger partial charge is 0.255 e. The van der Waals surface area contributed by atoms with E-state index in [0.29, 0.717) is 23.6 Å². The molecule has 0 atom stereocenters. The van der Waals surface area contributed by atoms with Crippen LogP contribution in [0.2, 0.25) is 0 Å². The maximum Gasteiger partial charge on any atom is 0.255 e. The van der Waals surface area contributed by atoms with Gasteiger partial charge in [0, 0.05) is 18.3 Å². The molecule has 0 unspecified atom stereocenters. The second-order valence-corrected chi connectivity index (χ2v) is 9.96. The molecule has 0 radical (unpaired) electrons. The van der Waals surface area contributed by atoms with E-state index in [0.717, 1.165) is 29.7 Å². The predicted octanol–water partition coefficient (Wildman–Crippen LogP) is 3.55. The summed E-state index contributed by atoms with van der Waals surface area (Å²) in [7, 11) is -4.02. The fourth-order valence-corrected chi connectivity index (χ4v) is 4.48. The van der Waals surface area contributed by atoms with Crippen molar-refractivity contribution >= 4 is 33.2 Å². The number of ether oxygens (including phenoxy) is 1. The molecule has 0 amide bonds. The van der Waals surface area contributed by atoms with Crippen LogP contribution in [0.1, 0.15) is 18.4 Å². The number of sulfonamides is 1. The summed E-state index contributed by atoms with van der Waals surface area (Å²) in [4.78, 5) is 34.1. The number of aryl methyl sites for hydroxylation is 1. The van der Waals surface area contributed by atoms with Gasteiger partial charge in [0.05, 0.1) is 26.8 Å². The molecular formula is C23H26N8O5S. The van der Waals surface area contributed by atoms with Crippen molar-refractivity contribution in [1.82, 2.24) is 14.9 Å². The molecule has 0 bridgehead atoms. The van der Waals surface area contributed by atoms with E-state index in [4.69, 9.17) is 9.88 Å². The minimum Gasteiger partial charge on any atom is -0.492 e. The summed E-state index contributed by atoms with van der Waals surface area (Å²) in [6, 6.07) is 12.1. The second kappa shape index (κ2) is 11.4. The lowest BCUT2D eigenvalue weighted by atomic mass is 10.2. The molecule has 2 heterocycles. The Morgan fingerprint density at radius 3 is 2.38 bits per heavy atom. The van der Waals surface area contributed by atoms with E-state index in [-0.39, 0.29) is 22.3 Å². The van der Waals surface area contributed by atoms with Crippen molar-refractivity contribution in [3.05, 3.63) is 70.1 Å². The van der Waals surface area contributed by atoms with Gasteiger partial charge in [0.15, 0.2) is 5.82 Å². The van der Waals surface area contributed by atoms with Gasteiger partial charge in [0.1, 0.15) is 12.4 Å². The molecule has 2 N–H and O–H groups in total. The largest absolute Gasteiger partial charge is 0.492 e. The summed E-state index contributed by atoms with van der Waals surface area (Å²) in [5, 5.41) is 13.1. The maximum absolute atomic E-state index is 11.8. The Labute approximate surface area is 213 Å². The van der Waals surface area contributed by atoms with Crippen LogP contribution in [-0.4, -0.2) is 49.5 Å². The average molecular weight is 527 g/mol. The van der Waals surface area contributed by atoms with Crippen molar-refractivity contribution in [2.24, 2.45) is 15.7 Å². The Morgan fingerprint density at radius 1 is 1.03 bits per heavy atom. The summed E-state index contributed by atoms with van der Waals surface area (Å²) in [5.41, 5.74) is 0.922. The van der Waals surface area contributed by atoms with Gasteiger partial charge in [-0.1, -0.05) is 6.07 Å². The van der Waals surface area contributed by atoms with Crippen LogP contribution in [0.5, 0.6) is 5.75 Å². The molecule has 1 fully saturated rings. The first-order valence-corrected chi connectivity index (χ1v) is 13.0. The Balaban J connectivity index is 1.55. The number of nitrogens with zero attached hydrogens (tertiary/aromatic N) is 7. The number of benzene rings is 2. The molecule has 1 aliphatic rings. The number of nitroso groups, excluding NO2 is 2. The van der Waals surface area contributed by atoms with Gasteiger partial charge in [0.2, 0.25) is 10.0 Å². The van der Waals surface area contributed by atoms with E-state index in [1.54, 1.807) is 31.2 Å². The summed E-state index contributed by atoms with van der Waals surface area (Å²) in [5.74, 6) is 0.557. The lowest BCUT2D eigenvalue weighted by Gasteiger charge is -2.19. The van der Waals surface area contributed by atoms with Crippen LogP contribution in [0, 0.1) is 16.7 Å². The van der Waals surface area contributed by atoms with Crippen LogP contribution < -0.4 is 19.9 Å². The number of hydrogen-bond acceptors (Lipinski definition) is 10. The molecule has 37 heavy (non-hydrogen) atoms. The summed E-state index contributed by atoms with van der Waals surface area (Å²) < 4.78 is 29.3. The minimum atomic E-state index is -4.02. The lowest BCUT2D eigenvalue weighted by Crippen LogP contribution is -2.25. The highest BCUT2D eigenvalue weighted by molar-refractivity contribution is 7.89. The van der Waals surface area contributed by atoms with Crippen molar-refractivity contribution in [2.45, 2.75) is 24.7 Å². The number of likely N-dealkylation sites (tertiary alicyclic amines) is 1. The zero-order chi connectivity index (χ0) is 26.4. The first kappa shape index (κ1) is 26.1. The summed E-state index contributed by atoms with van der Waals surface area (Å²) >= 11 is 0. The van der Waals surface area contributed by atoms with Gasteiger partial charge in [-0.3, -0.25) is 4.90 Å². The van der Waals surface area contributed by atoms with E-state index in [9.17, 15) is 18.2 Å². The van der Waals surface area contributed by atoms with E-state index in [2.05, 4.69) is 25.4 Å². The van der Waals surface area contributed by atoms with Crippen molar-refractivity contribution in [1.29, 1.82) is 0 Å². The third kappa shape index (κ3) is 6.22. The van der Waals surface area contributed by atoms with Crippen LogP contribution in [0.25, 0.3) is 0 Å². The van der Waals surface area contributed by atoms with E-state index in [1.807, 2.05) is 0 Å². The Bertz CT molecular complexity index is 1360. The Kier molecular flexibility index (Phi) is 8.01. The third-order valence-electron chi connectivity index (χ3n) is 5.83. The number of anilines is 4. The molecule has 2 aromatic carbocycles. The van der Waals surface area contributed by atoms with Gasteiger partial charge in [0.25, 0.3) is 5.95 Å². The normalized spacial score (nSPS) is 13.8. The quantitative estimate of drug-likeness (QED) is 0.288. The molecule has 3 aromatic rings. The van der Waals surface area contributed by atoms with Gasteiger partial charge in [-0.15, -0.1) is 9.81 Å². The number of hydrogen-bond donors (Lipinski definition) is 1. The van der Waals surface area contributed by atoms with Crippen molar-refractivity contribution < 1.29 is 13.2 Å². The van der Waals surface area contributed by atoms with Crippen LogP contribution in [0.15, 0.2) is 70.2 Å². The maximum atomic E-state index is 11.8. The SMILES string of the molecule is Cc1cnc(N(N=O)c2ccc(OCCN3CCCC3)cc2)nc1N(N=O)c1cccc(S(N)(=O)=O)c1. The van der Waals surface area contributed by atoms with E-state index < -0.39 is 10.0 Å².